The SMILES string of the molecule is CCC(O)CCNC(=O)NC1CCN(c2ccc(F)c(Cl)c2)C1. The van der Waals surface area contributed by atoms with Crippen LogP contribution < -0.4 is 15.5 Å². The average Bonchev–Trinajstić information content (AvgIpc) is 2.98. The molecule has 1 aromatic carbocycles. The van der Waals surface area contributed by atoms with Crippen LogP contribution in [0.4, 0.5) is 14.9 Å². The van der Waals surface area contributed by atoms with Crippen LogP contribution in [0, 0.1) is 5.82 Å². The Morgan fingerprint density at radius 1 is 1.57 bits per heavy atom. The molecule has 0 radical (unpaired) electrons. The van der Waals surface area contributed by atoms with Crippen molar-refractivity contribution in [2.45, 2.75) is 38.3 Å². The highest BCUT2D eigenvalue weighted by Gasteiger charge is 2.24. The molecule has 2 rings (SSSR count). The highest BCUT2D eigenvalue weighted by atomic mass is 35.5. The minimum atomic E-state index is -0.432. The number of anilines is 1. The number of nitrogens with one attached hydrogen (secondary N) is 2. The fourth-order valence-electron chi connectivity index (χ4n) is 2.59. The van der Waals surface area contributed by atoms with Crippen LogP contribution in [0.3, 0.4) is 0 Å². The third kappa shape index (κ3) is 5.25. The lowest BCUT2D eigenvalue weighted by atomic mass is 10.2. The molecular weight excluding hydrogens is 321 g/mol. The maximum Gasteiger partial charge on any atom is 0.315 e. The summed E-state index contributed by atoms with van der Waals surface area (Å²) in [6.45, 7) is 3.79. The average molecular weight is 344 g/mol. The lowest BCUT2D eigenvalue weighted by Crippen LogP contribution is -2.44. The zero-order valence-electron chi connectivity index (χ0n) is 13.2. The van der Waals surface area contributed by atoms with E-state index in [9.17, 15) is 14.3 Å². The summed E-state index contributed by atoms with van der Waals surface area (Å²) in [6.07, 6.45) is 1.68. The van der Waals surface area contributed by atoms with Gasteiger partial charge in [-0.25, -0.2) is 9.18 Å². The molecule has 0 aliphatic carbocycles. The molecular formula is C16H23ClFN3O2. The van der Waals surface area contributed by atoms with Gasteiger partial charge in [0.2, 0.25) is 0 Å². The zero-order valence-corrected chi connectivity index (χ0v) is 13.9. The predicted octanol–water partition coefficient (Wildman–Crippen LogP) is 2.52. The summed E-state index contributed by atoms with van der Waals surface area (Å²) in [5.41, 5.74) is 0.854. The topological polar surface area (TPSA) is 64.6 Å². The van der Waals surface area contributed by atoms with Gasteiger partial charge < -0.3 is 20.6 Å². The highest BCUT2D eigenvalue weighted by molar-refractivity contribution is 6.31. The van der Waals surface area contributed by atoms with Crippen molar-refractivity contribution < 1.29 is 14.3 Å². The number of halogens is 2. The number of hydrogen-bond acceptors (Lipinski definition) is 3. The van der Waals surface area contributed by atoms with Crippen molar-refractivity contribution in [3.8, 4) is 0 Å². The minimum absolute atomic E-state index is 0.0370. The number of urea groups is 1. The summed E-state index contributed by atoms with van der Waals surface area (Å²) in [5, 5.41) is 15.2. The Kier molecular flexibility index (Phi) is 6.47. The second-order valence-electron chi connectivity index (χ2n) is 5.78. The third-order valence-corrected chi connectivity index (χ3v) is 4.32. The van der Waals surface area contributed by atoms with Gasteiger partial charge in [0.25, 0.3) is 0 Å². The Balaban J connectivity index is 1.76. The Morgan fingerprint density at radius 2 is 2.35 bits per heavy atom. The summed E-state index contributed by atoms with van der Waals surface area (Å²) in [7, 11) is 0. The summed E-state index contributed by atoms with van der Waals surface area (Å²) < 4.78 is 13.2. The van der Waals surface area contributed by atoms with E-state index >= 15 is 0 Å². The van der Waals surface area contributed by atoms with Crippen LogP contribution >= 0.6 is 11.6 Å². The van der Waals surface area contributed by atoms with Gasteiger partial charge in [-0.3, -0.25) is 0 Å². The van der Waals surface area contributed by atoms with Gasteiger partial charge in [-0.1, -0.05) is 18.5 Å². The molecule has 23 heavy (non-hydrogen) atoms. The van der Waals surface area contributed by atoms with Gasteiger partial charge in [-0.05, 0) is 37.5 Å². The molecule has 7 heteroatoms. The molecule has 1 aromatic rings. The van der Waals surface area contributed by atoms with Crippen molar-refractivity contribution in [2.24, 2.45) is 0 Å². The summed E-state index contributed by atoms with van der Waals surface area (Å²) >= 11 is 5.81. The van der Waals surface area contributed by atoms with Crippen molar-refractivity contribution in [3.05, 3.63) is 29.0 Å². The molecule has 2 unspecified atom stereocenters. The lowest BCUT2D eigenvalue weighted by molar-refractivity contribution is 0.160. The quantitative estimate of drug-likeness (QED) is 0.743. The van der Waals surface area contributed by atoms with E-state index in [0.29, 0.717) is 25.9 Å². The van der Waals surface area contributed by atoms with Crippen LogP contribution in [-0.4, -0.2) is 42.9 Å². The van der Waals surface area contributed by atoms with E-state index in [2.05, 4.69) is 15.5 Å². The Hall–Kier alpha value is -1.53. The number of aliphatic hydroxyl groups excluding tert-OH is 1. The highest BCUT2D eigenvalue weighted by Crippen LogP contribution is 2.25. The first-order valence-corrected chi connectivity index (χ1v) is 8.29. The number of carbonyl (C=O) groups is 1. The molecule has 1 aliphatic heterocycles. The van der Waals surface area contributed by atoms with E-state index in [4.69, 9.17) is 11.6 Å². The molecule has 1 saturated heterocycles. The van der Waals surface area contributed by atoms with Gasteiger partial charge >= 0.3 is 6.03 Å². The monoisotopic (exact) mass is 343 g/mol. The molecule has 128 valence electrons. The van der Waals surface area contributed by atoms with E-state index < -0.39 is 5.82 Å². The van der Waals surface area contributed by atoms with E-state index in [1.807, 2.05) is 6.92 Å². The third-order valence-electron chi connectivity index (χ3n) is 4.03. The normalized spacial score (nSPS) is 18.8. The number of nitrogens with zero attached hydrogens (tertiary/aromatic N) is 1. The number of rotatable bonds is 6. The van der Waals surface area contributed by atoms with E-state index in [1.165, 1.54) is 6.07 Å². The number of aliphatic hydroxyl groups is 1. The molecule has 0 bridgehead atoms. The second-order valence-corrected chi connectivity index (χ2v) is 6.19. The van der Waals surface area contributed by atoms with Crippen molar-refractivity contribution in [3.63, 3.8) is 0 Å². The molecule has 1 fully saturated rings. The lowest BCUT2D eigenvalue weighted by Gasteiger charge is -2.19. The van der Waals surface area contributed by atoms with Crippen LogP contribution in [0.15, 0.2) is 18.2 Å². The van der Waals surface area contributed by atoms with Crippen molar-refractivity contribution >= 4 is 23.3 Å². The zero-order chi connectivity index (χ0) is 16.8. The Bertz CT molecular complexity index is 544. The van der Waals surface area contributed by atoms with Gasteiger partial charge in [-0.15, -0.1) is 0 Å². The maximum absolute atomic E-state index is 13.2. The van der Waals surface area contributed by atoms with Gasteiger partial charge in [0, 0.05) is 31.4 Å². The van der Waals surface area contributed by atoms with Crippen LogP contribution in [0.5, 0.6) is 0 Å². The van der Waals surface area contributed by atoms with Gasteiger partial charge in [0.15, 0.2) is 0 Å². The Morgan fingerprint density at radius 3 is 3.04 bits per heavy atom. The van der Waals surface area contributed by atoms with Crippen LogP contribution in [0.25, 0.3) is 0 Å². The van der Waals surface area contributed by atoms with E-state index in [-0.39, 0.29) is 23.2 Å². The number of carbonyl (C=O) groups excluding carboxylic acids is 1. The molecule has 0 spiro atoms. The fraction of sp³-hybridized carbons (Fsp3) is 0.562. The first-order valence-electron chi connectivity index (χ1n) is 7.92. The minimum Gasteiger partial charge on any atom is -0.393 e. The second kappa shape index (κ2) is 8.36. The van der Waals surface area contributed by atoms with Gasteiger partial charge in [-0.2, -0.15) is 0 Å². The predicted molar refractivity (Wildman–Crippen MR) is 89.5 cm³/mol. The maximum atomic E-state index is 13.2. The molecule has 1 heterocycles. The number of benzene rings is 1. The molecule has 0 saturated carbocycles. The smallest absolute Gasteiger partial charge is 0.315 e. The van der Waals surface area contributed by atoms with Crippen LogP contribution in [0.2, 0.25) is 5.02 Å². The fourth-order valence-corrected chi connectivity index (χ4v) is 2.76. The number of hydrogen-bond donors (Lipinski definition) is 3. The van der Waals surface area contributed by atoms with Crippen molar-refractivity contribution in [1.29, 1.82) is 0 Å². The molecule has 0 aromatic heterocycles. The van der Waals surface area contributed by atoms with Crippen molar-refractivity contribution in [2.75, 3.05) is 24.5 Å². The molecule has 1 aliphatic rings. The summed E-state index contributed by atoms with van der Waals surface area (Å²) in [6, 6.07) is 4.46. The Labute approximate surface area is 140 Å². The first kappa shape index (κ1) is 17.8. The number of amides is 2. The summed E-state index contributed by atoms with van der Waals surface area (Å²) in [4.78, 5) is 13.9. The van der Waals surface area contributed by atoms with E-state index in [0.717, 1.165) is 18.7 Å². The molecule has 3 N–H and O–H groups in total. The van der Waals surface area contributed by atoms with E-state index in [1.54, 1.807) is 12.1 Å². The van der Waals surface area contributed by atoms with Gasteiger partial charge in [0.1, 0.15) is 5.82 Å². The van der Waals surface area contributed by atoms with Crippen LogP contribution in [0.1, 0.15) is 26.2 Å². The largest absolute Gasteiger partial charge is 0.393 e. The summed E-state index contributed by atoms with van der Waals surface area (Å²) in [5.74, 6) is -0.432. The standard InChI is InChI=1S/C16H23ClFN3O2/c1-2-13(22)5-7-19-16(23)20-11-6-8-21(10-11)12-3-4-15(18)14(17)9-12/h3-4,9,11,13,22H,2,5-8,10H2,1H3,(H2,19,20,23). The molecule has 5 nitrogen and oxygen atoms in total. The first-order chi connectivity index (χ1) is 11.0. The van der Waals surface area contributed by atoms with Gasteiger partial charge in [0.05, 0.1) is 11.1 Å². The molecule has 2 amide bonds. The molecule has 2 atom stereocenters. The van der Waals surface area contributed by atoms with Crippen molar-refractivity contribution in [1.82, 2.24) is 10.6 Å². The van der Waals surface area contributed by atoms with Crippen LogP contribution in [-0.2, 0) is 0 Å².